The van der Waals surface area contributed by atoms with Gasteiger partial charge in [0.05, 0.1) is 23.6 Å². The highest BCUT2D eigenvalue weighted by atomic mass is 16.5. The second-order valence-corrected chi connectivity index (χ2v) is 11.5. The standard InChI is InChI=1S/C29H33N3O/c1-27-11-10-23-15-22-6-7-24(32(2)3)16-28(22)12-13-29(23,33-28)26(27)9-8-25(27)19-4-5-20-17-30-31-18-21(20)14-19/h4-5,8,10,14-15,17-18,24,26H,6-7,9,11-13,16H2,1-3H3/t24-,26+,27+,28?,29+/m0/s1. The molecule has 1 aromatic carbocycles. The first-order valence-electron chi connectivity index (χ1n) is 12.6. The van der Waals surface area contributed by atoms with Crippen LogP contribution in [0.4, 0.5) is 0 Å². The zero-order valence-electron chi connectivity index (χ0n) is 20.0. The number of allylic oxidation sites excluding steroid dienone is 3. The number of fused-ring (bicyclic) bond motifs is 2. The summed E-state index contributed by atoms with van der Waals surface area (Å²) in [5, 5.41) is 10.5. The van der Waals surface area contributed by atoms with E-state index in [1.54, 1.807) is 5.57 Å². The van der Waals surface area contributed by atoms with Crippen molar-refractivity contribution in [1.29, 1.82) is 0 Å². The summed E-state index contributed by atoms with van der Waals surface area (Å²) in [7, 11) is 4.46. The topological polar surface area (TPSA) is 38.2 Å². The van der Waals surface area contributed by atoms with Gasteiger partial charge in [-0.15, -0.1) is 0 Å². The number of aromatic nitrogens is 2. The van der Waals surface area contributed by atoms with Gasteiger partial charge in [0.15, 0.2) is 0 Å². The van der Waals surface area contributed by atoms with Crippen LogP contribution in [0, 0.1) is 11.3 Å². The van der Waals surface area contributed by atoms with Crippen LogP contribution in [0.5, 0.6) is 0 Å². The van der Waals surface area contributed by atoms with Crippen LogP contribution in [-0.2, 0) is 4.74 Å². The summed E-state index contributed by atoms with van der Waals surface area (Å²) >= 11 is 0. The summed E-state index contributed by atoms with van der Waals surface area (Å²) < 4.78 is 7.38. The van der Waals surface area contributed by atoms with Gasteiger partial charge in [0.25, 0.3) is 0 Å². The average Bonchev–Trinajstić information content (AvgIpc) is 3.33. The van der Waals surface area contributed by atoms with Gasteiger partial charge in [-0.2, -0.15) is 10.2 Å². The van der Waals surface area contributed by atoms with Crippen LogP contribution in [0.1, 0.15) is 57.4 Å². The van der Waals surface area contributed by atoms with E-state index in [-0.39, 0.29) is 16.6 Å². The van der Waals surface area contributed by atoms with Crippen LogP contribution < -0.4 is 0 Å². The molecule has 2 aliphatic heterocycles. The maximum atomic E-state index is 7.38. The molecule has 0 amide bonds. The lowest BCUT2D eigenvalue weighted by Gasteiger charge is -2.54. The number of benzene rings is 1. The first-order valence-corrected chi connectivity index (χ1v) is 12.6. The predicted molar refractivity (Wildman–Crippen MR) is 132 cm³/mol. The van der Waals surface area contributed by atoms with Crippen molar-refractivity contribution >= 4 is 16.3 Å². The molecule has 4 heteroatoms. The Morgan fingerprint density at radius 2 is 1.91 bits per heavy atom. The van der Waals surface area contributed by atoms with Crippen molar-refractivity contribution in [3.8, 4) is 0 Å². The SMILES string of the molecule is CN(C)[C@H]1CCC2=CC3=CC[C@]4(C)C(c5ccc6cnncc6c5)=CC[C@H]4[C@@]34CCC2(C1)O4. The minimum absolute atomic E-state index is 0.0346. The Kier molecular flexibility index (Phi) is 4.05. The molecule has 2 aromatic rings. The Balaban J connectivity index is 1.28. The number of nitrogens with zero attached hydrogens (tertiary/aromatic N) is 3. The van der Waals surface area contributed by atoms with E-state index in [4.69, 9.17) is 4.74 Å². The normalized spacial score (nSPS) is 39.0. The predicted octanol–water partition coefficient (Wildman–Crippen LogP) is 5.71. The minimum Gasteiger partial charge on any atom is -0.359 e. The van der Waals surface area contributed by atoms with E-state index in [1.165, 1.54) is 41.4 Å². The Morgan fingerprint density at radius 3 is 2.76 bits per heavy atom. The maximum Gasteiger partial charge on any atom is 0.0980 e. The summed E-state index contributed by atoms with van der Waals surface area (Å²) in [6.07, 6.45) is 19.5. The van der Waals surface area contributed by atoms with Crippen LogP contribution in [0.2, 0.25) is 0 Å². The van der Waals surface area contributed by atoms with Gasteiger partial charge in [0, 0.05) is 28.1 Å². The van der Waals surface area contributed by atoms with Crippen molar-refractivity contribution in [2.24, 2.45) is 11.3 Å². The second kappa shape index (κ2) is 6.64. The molecule has 2 fully saturated rings. The van der Waals surface area contributed by atoms with E-state index < -0.39 is 0 Å². The molecule has 170 valence electrons. The van der Waals surface area contributed by atoms with Gasteiger partial charge < -0.3 is 9.64 Å². The summed E-state index contributed by atoms with van der Waals surface area (Å²) in [6, 6.07) is 7.40. The molecule has 5 aliphatic rings. The summed E-state index contributed by atoms with van der Waals surface area (Å²) in [4.78, 5) is 2.41. The second-order valence-electron chi connectivity index (χ2n) is 11.5. The van der Waals surface area contributed by atoms with Crippen LogP contribution in [0.15, 0.2) is 60.0 Å². The third-order valence-corrected chi connectivity index (χ3v) is 9.83. The van der Waals surface area contributed by atoms with Crippen molar-refractivity contribution in [3.63, 3.8) is 0 Å². The molecular formula is C29H33N3O. The van der Waals surface area contributed by atoms with E-state index in [9.17, 15) is 0 Å². The highest BCUT2D eigenvalue weighted by Crippen LogP contribution is 2.67. The van der Waals surface area contributed by atoms with E-state index in [0.717, 1.165) is 31.1 Å². The first-order chi connectivity index (χ1) is 15.9. The first kappa shape index (κ1) is 20.1. The van der Waals surface area contributed by atoms with Gasteiger partial charge in [-0.1, -0.05) is 37.3 Å². The Morgan fingerprint density at radius 1 is 1.06 bits per heavy atom. The molecular weight excluding hydrogens is 406 g/mol. The number of ether oxygens (including phenoxy) is 1. The third-order valence-electron chi connectivity index (χ3n) is 9.83. The molecule has 5 atom stereocenters. The Labute approximate surface area is 196 Å². The largest absolute Gasteiger partial charge is 0.359 e. The molecule has 0 radical (unpaired) electrons. The quantitative estimate of drug-likeness (QED) is 0.601. The molecule has 1 aromatic heterocycles. The number of hydrogen-bond donors (Lipinski definition) is 0. The van der Waals surface area contributed by atoms with Crippen LogP contribution in [0.3, 0.4) is 0 Å². The van der Waals surface area contributed by atoms with Gasteiger partial charge in [-0.3, -0.25) is 0 Å². The Hall–Kier alpha value is -2.30. The molecule has 1 unspecified atom stereocenters. The smallest absolute Gasteiger partial charge is 0.0980 e. The summed E-state index contributed by atoms with van der Waals surface area (Å²) in [5.41, 5.74) is 5.83. The van der Waals surface area contributed by atoms with Crippen LogP contribution in [0.25, 0.3) is 16.3 Å². The monoisotopic (exact) mass is 439 g/mol. The number of rotatable bonds is 2. The summed E-state index contributed by atoms with van der Waals surface area (Å²) in [6.45, 7) is 2.49. The molecule has 7 rings (SSSR count). The van der Waals surface area contributed by atoms with Crippen LogP contribution in [-0.4, -0.2) is 46.4 Å². The van der Waals surface area contributed by atoms with Crippen molar-refractivity contribution in [1.82, 2.24) is 15.1 Å². The van der Waals surface area contributed by atoms with Crippen LogP contribution >= 0.6 is 0 Å². The van der Waals surface area contributed by atoms with Gasteiger partial charge in [-0.05, 0) is 87.4 Å². The van der Waals surface area contributed by atoms with Gasteiger partial charge >= 0.3 is 0 Å². The average molecular weight is 440 g/mol. The van der Waals surface area contributed by atoms with E-state index >= 15 is 0 Å². The Bertz CT molecular complexity index is 1260. The van der Waals surface area contributed by atoms with E-state index in [0.29, 0.717) is 12.0 Å². The molecule has 0 N–H and O–H groups in total. The lowest BCUT2D eigenvalue weighted by molar-refractivity contribution is -0.134. The maximum absolute atomic E-state index is 7.38. The molecule has 2 bridgehead atoms. The zero-order chi connectivity index (χ0) is 22.4. The number of hydrogen-bond acceptors (Lipinski definition) is 4. The lowest BCUT2D eigenvalue weighted by Crippen LogP contribution is -2.54. The minimum atomic E-state index is -0.120. The summed E-state index contributed by atoms with van der Waals surface area (Å²) in [5.74, 6) is 0.503. The fourth-order valence-electron chi connectivity index (χ4n) is 8.01. The molecule has 4 nitrogen and oxygen atoms in total. The molecule has 33 heavy (non-hydrogen) atoms. The molecule has 1 saturated carbocycles. The highest BCUT2D eigenvalue weighted by Gasteiger charge is 2.65. The van der Waals surface area contributed by atoms with E-state index in [2.05, 4.69) is 72.5 Å². The lowest BCUT2D eigenvalue weighted by atomic mass is 9.58. The van der Waals surface area contributed by atoms with Crippen molar-refractivity contribution in [3.05, 3.63) is 65.5 Å². The zero-order valence-corrected chi connectivity index (χ0v) is 20.0. The third kappa shape index (κ3) is 2.60. The van der Waals surface area contributed by atoms with Gasteiger partial charge in [0.1, 0.15) is 0 Å². The van der Waals surface area contributed by atoms with Gasteiger partial charge in [0.2, 0.25) is 0 Å². The fraction of sp³-hybridized carbons (Fsp3) is 0.517. The van der Waals surface area contributed by atoms with Crippen molar-refractivity contribution < 1.29 is 4.74 Å². The van der Waals surface area contributed by atoms with Gasteiger partial charge in [-0.25, -0.2) is 0 Å². The molecule has 3 aliphatic carbocycles. The van der Waals surface area contributed by atoms with E-state index in [1.807, 2.05) is 12.4 Å². The highest BCUT2D eigenvalue weighted by molar-refractivity contribution is 5.86. The van der Waals surface area contributed by atoms with Crippen molar-refractivity contribution in [2.45, 2.75) is 69.1 Å². The molecule has 2 spiro atoms. The van der Waals surface area contributed by atoms with Crippen molar-refractivity contribution in [2.75, 3.05) is 14.1 Å². The molecule has 1 saturated heterocycles. The molecule has 3 heterocycles. The fourth-order valence-corrected chi connectivity index (χ4v) is 8.01.